The lowest BCUT2D eigenvalue weighted by Crippen LogP contribution is -2.39. The highest BCUT2D eigenvalue weighted by Crippen LogP contribution is 2.34. The molecule has 2 aromatic rings. The fourth-order valence-electron chi connectivity index (χ4n) is 3.03. The van der Waals surface area contributed by atoms with E-state index in [2.05, 4.69) is 14.7 Å². The highest BCUT2D eigenvalue weighted by atomic mass is 32.2. The second-order valence-corrected chi connectivity index (χ2v) is 8.27. The van der Waals surface area contributed by atoms with Crippen molar-refractivity contribution in [2.24, 2.45) is 0 Å². The maximum Gasteiger partial charge on any atom is 0.417 e. The molecule has 1 aromatic carbocycles. The third-order valence-corrected chi connectivity index (χ3v) is 5.92. The van der Waals surface area contributed by atoms with Crippen molar-refractivity contribution in [1.82, 2.24) is 14.7 Å². The molecule has 0 saturated carbocycles. The highest BCUT2D eigenvalue weighted by Gasteiger charge is 2.37. The Morgan fingerprint density at radius 1 is 1.22 bits per heavy atom. The summed E-state index contributed by atoms with van der Waals surface area (Å²) in [4.78, 5) is 9.66. The number of hydrogen-bond acceptors (Lipinski definition) is 5. The molecule has 10 heteroatoms. The van der Waals surface area contributed by atoms with E-state index in [4.69, 9.17) is 0 Å². The van der Waals surface area contributed by atoms with Crippen LogP contribution in [0.1, 0.15) is 23.2 Å². The summed E-state index contributed by atoms with van der Waals surface area (Å²) in [6.07, 6.45) is -1.81. The molecule has 1 aliphatic rings. The van der Waals surface area contributed by atoms with Gasteiger partial charge in [-0.05, 0) is 37.0 Å². The zero-order chi connectivity index (χ0) is 19.8. The van der Waals surface area contributed by atoms with Gasteiger partial charge >= 0.3 is 6.18 Å². The predicted molar refractivity (Wildman–Crippen MR) is 93.9 cm³/mol. The van der Waals surface area contributed by atoms with Crippen LogP contribution in [-0.4, -0.2) is 38.5 Å². The third-order valence-electron chi connectivity index (χ3n) is 4.34. The van der Waals surface area contributed by atoms with Crippen LogP contribution in [-0.2, 0) is 29.0 Å². The smallest absolute Gasteiger partial charge is 0.347 e. The third kappa shape index (κ3) is 4.22. The summed E-state index contributed by atoms with van der Waals surface area (Å²) in [7, 11) is -0.679. The molecule has 1 N–H and O–H groups in total. The minimum absolute atomic E-state index is 0.330. The molecule has 1 unspecified atom stereocenters. The molecule has 0 spiro atoms. The fraction of sp³-hybridized carbons (Fsp3) is 0.412. The second-order valence-electron chi connectivity index (χ2n) is 6.59. The van der Waals surface area contributed by atoms with Crippen LogP contribution in [0.2, 0.25) is 0 Å². The number of nitrogens with zero attached hydrogens (tertiary/aromatic N) is 3. The molecule has 0 fully saturated rings. The molecule has 1 heterocycles. The number of anilines is 1. The number of alkyl halides is 3. The van der Waals surface area contributed by atoms with Gasteiger partial charge < -0.3 is 4.90 Å². The van der Waals surface area contributed by atoms with E-state index >= 15 is 0 Å². The molecular weight excluding hydrogens is 381 g/mol. The van der Waals surface area contributed by atoms with Gasteiger partial charge in [0.15, 0.2) is 0 Å². The van der Waals surface area contributed by atoms with Crippen LogP contribution in [0.5, 0.6) is 0 Å². The summed E-state index contributed by atoms with van der Waals surface area (Å²) >= 11 is 0. The van der Waals surface area contributed by atoms with Crippen molar-refractivity contribution in [2.45, 2.75) is 36.4 Å². The number of nitrogens with one attached hydrogen (secondary N) is 1. The minimum atomic E-state index is -4.75. The number of fused-ring (bicyclic) bond motifs is 1. The van der Waals surface area contributed by atoms with Crippen molar-refractivity contribution < 1.29 is 21.6 Å². The SMILES string of the molecule is CN(C)c1ncc2c(n1)CCC(NS(=O)(=O)c1ccccc1C(F)(F)F)C2. The van der Waals surface area contributed by atoms with E-state index in [1.165, 1.54) is 12.1 Å². The Bertz CT molecular complexity index is 945. The van der Waals surface area contributed by atoms with E-state index in [0.717, 1.165) is 23.4 Å². The number of rotatable bonds is 4. The lowest BCUT2D eigenvalue weighted by atomic mass is 9.94. The van der Waals surface area contributed by atoms with E-state index in [1.54, 1.807) is 11.1 Å². The first kappa shape index (κ1) is 19.6. The summed E-state index contributed by atoms with van der Waals surface area (Å²) in [5.74, 6) is 0.562. The quantitative estimate of drug-likeness (QED) is 0.853. The molecule has 1 atom stereocenters. The minimum Gasteiger partial charge on any atom is -0.347 e. The zero-order valence-corrected chi connectivity index (χ0v) is 15.6. The first-order valence-electron chi connectivity index (χ1n) is 8.28. The average Bonchev–Trinajstić information content (AvgIpc) is 2.60. The average molecular weight is 400 g/mol. The van der Waals surface area contributed by atoms with Crippen LogP contribution >= 0.6 is 0 Å². The van der Waals surface area contributed by atoms with Crippen molar-refractivity contribution in [3.05, 3.63) is 47.3 Å². The maximum atomic E-state index is 13.1. The summed E-state index contributed by atoms with van der Waals surface area (Å²) in [6, 6.07) is 3.66. The Balaban J connectivity index is 1.82. The van der Waals surface area contributed by atoms with Gasteiger partial charge in [-0.1, -0.05) is 12.1 Å². The van der Waals surface area contributed by atoms with Gasteiger partial charge in [0.2, 0.25) is 16.0 Å². The standard InChI is InChI=1S/C17H19F3N4O2S/c1-24(2)16-21-10-11-9-12(7-8-14(11)22-16)23-27(25,26)15-6-4-3-5-13(15)17(18,19)20/h3-6,10,12,23H,7-9H2,1-2H3. The van der Waals surface area contributed by atoms with Crippen molar-refractivity contribution in [3.63, 3.8) is 0 Å². The molecule has 0 saturated heterocycles. The van der Waals surface area contributed by atoms with Gasteiger partial charge in [0.1, 0.15) is 0 Å². The Kier molecular flexibility index (Phi) is 5.13. The van der Waals surface area contributed by atoms with Gasteiger partial charge in [-0.15, -0.1) is 0 Å². The van der Waals surface area contributed by atoms with Crippen LogP contribution < -0.4 is 9.62 Å². The summed E-state index contributed by atoms with van der Waals surface area (Å²) < 4.78 is 67.0. The molecule has 27 heavy (non-hydrogen) atoms. The van der Waals surface area contributed by atoms with Crippen LogP contribution in [0.3, 0.4) is 0 Å². The molecular formula is C17H19F3N4O2S. The molecule has 0 bridgehead atoms. The first-order chi connectivity index (χ1) is 12.6. The van der Waals surface area contributed by atoms with Crippen molar-refractivity contribution in [2.75, 3.05) is 19.0 Å². The van der Waals surface area contributed by atoms with Gasteiger partial charge in [-0.3, -0.25) is 0 Å². The summed E-state index contributed by atoms with van der Waals surface area (Å²) in [5.41, 5.74) is 0.455. The van der Waals surface area contributed by atoms with Crippen LogP contribution in [0.15, 0.2) is 35.4 Å². The fourth-order valence-corrected chi connectivity index (χ4v) is 4.53. The summed E-state index contributed by atoms with van der Waals surface area (Å²) in [6.45, 7) is 0. The lowest BCUT2D eigenvalue weighted by molar-refractivity contribution is -0.139. The number of sulfonamides is 1. The van der Waals surface area contributed by atoms with Gasteiger partial charge in [0.25, 0.3) is 0 Å². The van der Waals surface area contributed by atoms with Crippen molar-refractivity contribution >= 4 is 16.0 Å². The van der Waals surface area contributed by atoms with Gasteiger partial charge in [0, 0.05) is 32.0 Å². The number of aromatic nitrogens is 2. The molecule has 146 valence electrons. The van der Waals surface area contributed by atoms with Crippen molar-refractivity contribution in [1.29, 1.82) is 0 Å². The number of hydrogen-bond donors (Lipinski definition) is 1. The van der Waals surface area contributed by atoms with Crippen molar-refractivity contribution in [3.8, 4) is 0 Å². The zero-order valence-electron chi connectivity index (χ0n) is 14.8. The maximum absolute atomic E-state index is 13.1. The Labute approximate surface area is 155 Å². The van der Waals surface area contributed by atoms with Gasteiger partial charge in [-0.2, -0.15) is 13.2 Å². The van der Waals surface area contributed by atoms with Gasteiger partial charge in [-0.25, -0.2) is 23.1 Å². The first-order valence-corrected chi connectivity index (χ1v) is 9.77. The second kappa shape index (κ2) is 7.08. The molecule has 0 radical (unpaired) electrons. The predicted octanol–water partition coefficient (Wildman–Crippen LogP) is 2.40. The molecule has 0 aliphatic heterocycles. The monoisotopic (exact) mass is 400 g/mol. The van der Waals surface area contributed by atoms with E-state index in [1.807, 2.05) is 14.1 Å². The normalized spacial score (nSPS) is 17.4. The number of halogens is 3. The van der Waals surface area contributed by atoms with E-state index < -0.39 is 32.7 Å². The Hall–Kier alpha value is -2.20. The number of aryl methyl sites for hydroxylation is 1. The largest absolute Gasteiger partial charge is 0.417 e. The lowest BCUT2D eigenvalue weighted by Gasteiger charge is -2.26. The molecule has 1 aromatic heterocycles. The highest BCUT2D eigenvalue weighted by molar-refractivity contribution is 7.89. The Morgan fingerprint density at radius 2 is 1.93 bits per heavy atom. The molecule has 0 amide bonds. The molecule has 6 nitrogen and oxygen atoms in total. The molecule has 3 rings (SSSR count). The summed E-state index contributed by atoms with van der Waals surface area (Å²) in [5, 5.41) is 0. The van der Waals surface area contributed by atoms with Crippen LogP contribution in [0.25, 0.3) is 0 Å². The van der Waals surface area contributed by atoms with Crippen LogP contribution in [0, 0.1) is 0 Å². The van der Waals surface area contributed by atoms with E-state index in [0.29, 0.717) is 25.2 Å². The van der Waals surface area contributed by atoms with E-state index in [9.17, 15) is 21.6 Å². The van der Waals surface area contributed by atoms with Gasteiger partial charge in [0.05, 0.1) is 10.5 Å². The Morgan fingerprint density at radius 3 is 2.59 bits per heavy atom. The number of benzene rings is 1. The topological polar surface area (TPSA) is 75.2 Å². The van der Waals surface area contributed by atoms with E-state index in [-0.39, 0.29) is 0 Å². The molecule has 1 aliphatic carbocycles. The van der Waals surface area contributed by atoms with Crippen LogP contribution in [0.4, 0.5) is 19.1 Å².